The molecule has 4 N–H and O–H groups in total. The third kappa shape index (κ3) is 6.26. The van der Waals surface area contributed by atoms with E-state index < -0.39 is 7.12 Å². The van der Waals surface area contributed by atoms with Gasteiger partial charge in [0, 0.05) is 11.3 Å². The van der Waals surface area contributed by atoms with Gasteiger partial charge in [-0.25, -0.2) is 0 Å². The lowest BCUT2D eigenvalue weighted by molar-refractivity contribution is 0.340. The van der Waals surface area contributed by atoms with E-state index in [0.717, 1.165) is 5.56 Å². The molecule has 2 aromatic rings. The largest absolute Gasteiger partial charge is 0.493 e. The van der Waals surface area contributed by atoms with Crippen LogP contribution in [0.25, 0.3) is 0 Å². The lowest BCUT2D eigenvalue weighted by atomic mass is 9.79. The van der Waals surface area contributed by atoms with Crippen LogP contribution in [0.1, 0.15) is 18.1 Å². The van der Waals surface area contributed by atoms with Crippen molar-refractivity contribution in [2.75, 3.05) is 6.61 Å². The molecule has 0 saturated carbocycles. The van der Waals surface area contributed by atoms with Crippen molar-refractivity contribution >= 4 is 35.7 Å². The predicted molar refractivity (Wildman–Crippen MR) is 104 cm³/mol. The van der Waals surface area contributed by atoms with Crippen molar-refractivity contribution in [2.24, 2.45) is 15.9 Å². The predicted octanol–water partition coefficient (Wildman–Crippen LogP) is 1.35. The second kappa shape index (κ2) is 9.88. The van der Waals surface area contributed by atoms with E-state index in [1.54, 1.807) is 18.2 Å². The minimum Gasteiger partial charge on any atom is -0.493 e. The quantitative estimate of drug-likeness (QED) is 0.301. The summed E-state index contributed by atoms with van der Waals surface area (Å²) in [4.78, 5) is 0. The number of nitrogens with two attached hydrogens (primary N) is 1. The van der Waals surface area contributed by atoms with Gasteiger partial charge >= 0.3 is 7.12 Å². The van der Waals surface area contributed by atoms with Gasteiger partial charge in [0.1, 0.15) is 5.75 Å². The lowest BCUT2D eigenvalue weighted by Gasteiger charge is -2.08. The van der Waals surface area contributed by atoms with Crippen molar-refractivity contribution in [3.05, 3.63) is 59.7 Å². The third-order valence-corrected chi connectivity index (χ3v) is 4.07. The van der Waals surface area contributed by atoms with E-state index in [2.05, 4.69) is 10.2 Å². The van der Waals surface area contributed by atoms with Crippen LogP contribution < -0.4 is 15.9 Å². The van der Waals surface area contributed by atoms with E-state index in [0.29, 0.717) is 34.3 Å². The molecule has 6 nitrogen and oxygen atoms in total. The molecule has 0 aromatic heterocycles. The topological polar surface area (TPSA) is 100 Å². The maximum Gasteiger partial charge on any atom is 0.488 e. The number of rotatable bonds is 7. The van der Waals surface area contributed by atoms with Crippen LogP contribution in [0.15, 0.2) is 58.7 Å². The first-order valence-electron chi connectivity index (χ1n) is 7.76. The molecule has 0 radical (unpaired) electrons. The second-order valence-electron chi connectivity index (χ2n) is 5.06. The molecule has 0 spiro atoms. The van der Waals surface area contributed by atoms with Crippen LogP contribution in [-0.2, 0) is 5.75 Å². The monoisotopic (exact) mass is 357 g/mol. The number of thioether (sulfide) groups is 1. The van der Waals surface area contributed by atoms with Crippen LogP contribution in [0.2, 0.25) is 0 Å². The first-order chi connectivity index (χ1) is 12.1. The first kappa shape index (κ1) is 19.0. The van der Waals surface area contributed by atoms with Crippen LogP contribution >= 0.6 is 11.8 Å². The Kier molecular flexibility index (Phi) is 7.52. The van der Waals surface area contributed by atoms with Crippen molar-refractivity contribution in [1.82, 2.24) is 0 Å². The average molecular weight is 357 g/mol. The van der Waals surface area contributed by atoms with Gasteiger partial charge in [0.25, 0.3) is 0 Å². The Labute approximate surface area is 151 Å². The van der Waals surface area contributed by atoms with Gasteiger partial charge in [-0.3, -0.25) is 0 Å². The Morgan fingerprint density at radius 2 is 2.00 bits per heavy atom. The zero-order valence-corrected chi connectivity index (χ0v) is 14.7. The Hall–Kier alpha value is -2.29. The molecule has 2 rings (SSSR count). The highest BCUT2D eigenvalue weighted by molar-refractivity contribution is 8.13. The van der Waals surface area contributed by atoms with Gasteiger partial charge in [-0.2, -0.15) is 5.10 Å². The average Bonchev–Trinajstić information content (AvgIpc) is 2.62. The Morgan fingerprint density at radius 1 is 1.24 bits per heavy atom. The summed E-state index contributed by atoms with van der Waals surface area (Å²) in [6.07, 6.45) is 1.48. The molecule has 0 bridgehead atoms. The summed E-state index contributed by atoms with van der Waals surface area (Å²) in [7, 11) is -1.56. The highest BCUT2D eigenvalue weighted by Crippen LogP contribution is 2.15. The van der Waals surface area contributed by atoms with E-state index in [1.807, 2.05) is 37.3 Å². The number of amidine groups is 1. The zero-order chi connectivity index (χ0) is 18.1. The van der Waals surface area contributed by atoms with Crippen molar-refractivity contribution < 1.29 is 14.8 Å². The Bertz CT molecular complexity index is 739. The summed E-state index contributed by atoms with van der Waals surface area (Å²) in [5.74, 6) is 1.29. The van der Waals surface area contributed by atoms with Gasteiger partial charge in [0.2, 0.25) is 0 Å². The van der Waals surface area contributed by atoms with Gasteiger partial charge in [-0.15, -0.1) is 5.10 Å². The summed E-state index contributed by atoms with van der Waals surface area (Å²) in [5.41, 5.74) is 7.94. The lowest BCUT2D eigenvalue weighted by Crippen LogP contribution is -2.30. The van der Waals surface area contributed by atoms with Crippen molar-refractivity contribution in [1.29, 1.82) is 0 Å². The summed E-state index contributed by atoms with van der Waals surface area (Å²) >= 11 is 1.39. The molecular formula is C17H20BN3O3S. The molecule has 0 aliphatic heterocycles. The van der Waals surface area contributed by atoms with Crippen LogP contribution in [-0.4, -0.2) is 35.2 Å². The Morgan fingerprint density at radius 3 is 2.68 bits per heavy atom. The van der Waals surface area contributed by atoms with Gasteiger partial charge in [0.15, 0.2) is 5.17 Å². The normalized spacial score (nSPS) is 11.7. The van der Waals surface area contributed by atoms with Gasteiger partial charge in [-0.1, -0.05) is 48.2 Å². The van der Waals surface area contributed by atoms with Crippen molar-refractivity contribution in [3.8, 4) is 5.75 Å². The van der Waals surface area contributed by atoms with Gasteiger partial charge in [0.05, 0.1) is 12.8 Å². The van der Waals surface area contributed by atoms with E-state index in [1.165, 1.54) is 18.0 Å². The first-order valence-corrected chi connectivity index (χ1v) is 8.74. The van der Waals surface area contributed by atoms with Crippen LogP contribution in [0, 0.1) is 0 Å². The second-order valence-corrected chi connectivity index (χ2v) is 6.06. The molecule has 0 aliphatic carbocycles. The van der Waals surface area contributed by atoms with E-state index >= 15 is 0 Å². The van der Waals surface area contributed by atoms with Crippen molar-refractivity contribution in [3.63, 3.8) is 0 Å². The number of benzene rings is 2. The molecule has 0 atom stereocenters. The molecule has 0 aliphatic rings. The fourth-order valence-corrected chi connectivity index (χ4v) is 2.64. The minimum atomic E-state index is -1.56. The van der Waals surface area contributed by atoms with E-state index in [9.17, 15) is 10.0 Å². The molecule has 130 valence electrons. The molecule has 0 fully saturated rings. The number of hydrogen-bond acceptors (Lipinski definition) is 6. The van der Waals surface area contributed by atoms with Crippen LogP contribution in [0.5, 0.6) is 5.75 Å². The molecule has 0 unspecified atom stereocenters. The summed E-state index contributed by atoms with van der Waals surface area (Å²) in [6, 6.07) is 14.8. The molecule has 0 saturated heterocycles. The fourth-order valence-electron chi connectivity index (χ4n) is 2.02. The molecule has 25 heavy (non-hydrogen) atoms. The number of nitrogens with zero attached hydrogens (tertiary/aromatic N) is 2. The van der Waals surface area contributed by atoms with E-state index in [4.69, 9.17) is 10.5 Å². The summed E-state index contributed by atoms with van der Waals surface area (Å²) in [6.45, 7) is 2.35. The standard InChI is InChI=1S/C17H20BN3O3S/c1-2-24-16-9-8-15(18(22)23)10-14(16)11-20-21-17(19)25-12-13-6-4-3-5-7-13/h3-11,22-23H,2,12H2,1H3,(H2,19,21). The fraction of sp³-hybridized carbons (Fsp3) is 0.176. The van der Waals surface area contributed by atoms with Crippen LogP contribution in [0.3, 0.4) is 0 Å². The molecule has 0 amide bonds. The maximum absolute atomic E-state index is 9.28. The number of hydrogen-bond donors (Lipinski definition) is 3. The minimum absolute atomic E-state index is 0.344. The Balaban J connectivity index is 2.05. The molecule has 2 aromatic carbocycles. The third-order valence-electron chi connectivity index (χ3n) is 3.21. The van der Waals surface area contributed by atoms with Gasteiger partial charge in [-0.05, 0) is 30.1 Å². The van der Waals surface area contributed by atoms with E-state index in [-0.39, 0.29) is 0 Å². The maximum atomic E-state index is 9.28. The number of ether oxygens (including phenoxy) is 1. The molecule has 8 heteroatoms. The molecular weight excluding hydrogens is 337 g/mol. The smallest absolute Gasteiger partial charge is 0.488 e. The zero-order valence-electron chi connectivity index (χ0n) is 13.9. The summed E-state index contributed by atoms with van der Waals surface area (Å²) < 4.78 is 5.50. The van der Waals surface area contributed by atoms with Crippen LogP contribution in [0.4, 0.5) is 0 Å². The highest BCUT2D eigenvalue weighted by atomic mass is 32.2. The SMILES string of the molecule is CCOc1ccc(B(O)O)cc1C=NN=C(N)SCc1ccccc1. The highest BCUT2D eigenvalue weighted by Gasteiger charge is 2.13. The summed E-state index contributed by atoms with van der Waals surface area (Å²) in [5, 5.41) is 26.8. The molecule has 0 heterocycles. The van der Waals surface area contributed by atoms with Gasteiger partial charge < -0.3 is 20.5 Å². The van der Waals surface area contributed by atoms with Crippen molar-refractivity contribution in [2.45, 2.75) is 12.7 Å².